The number of para-hydroxylation sites is 1. The van der Waals surface area contributed by atoms with E-state index < -0.39 is 33.7 Å². The van der Waals surface area contributed by atoms with Crippen LogP contribution in [0.2, 0.25) is 0 Å². The molecule has 0 aliphatic rings. The summed E-state index contributed by atoms with van der Waals surface area (Å²) in [6, 6.07) is 8.44. The fourth-order valence-corrected chi connectivity index (χ4v) is 4.90. The Hall–Kier alpha value is -0.494. The van der Waals surface area contributed by atoms with Crippen LogP contribution in [0.3, 0.4) is 0 Å². The molecule has 0 bridgehead atoms. The fraction of sp³-hybridized carbons (Fsp3) is 0.700. The summed E-state index contributed by atoms with van der Waals surface area (Å²) in [5, 5.41) is 13.9. The van der Waals surface area contributed by atoms with Crippen LogP contribution in [0.4, 0.5) is 0 Å². The molecule has 10 heteroatoms. The van der Waals surface area contributed by atoms with Crippen molar-refractivity contribution < 1.29 is 88.9 Å². The zero-order valence-electron chi connectivity index (χ0n) is 25.0. The number of rotatable bonds is 23. The summed E-state index contributed by atoms with van der Waals surface area (Å²) in [4.78, 5) is 20.0. The van der Waals surface area contributed by atoms with Gasteiger partial charge in [-0.05, 0) is 24.5 Å². The Balaban J connectivity index is 0. The minimum Gasteiger partial charge on any atom is -0.662 e. The Morgan fingerprint density at radius 3 is 1.57 bits per heavy atom. The van der Waals surface area contributed by atoms with Gasteiger partial charge in [0.05, 0.1) is 12.2 Å². The molecule has 0 spiro atoms. The SMILES string of the molecule is C[CH-]Oc1ccccc1CCCCCCCCCCCCCCCCCC.O=C(O)CC(C(=O)O)S(=O)(=O)O.[K+]. The van der Waals surface area contributed by atoms with Crippen molar-refractivity contribution in [3.8, 4) is 5.75 Å². The molecule has 0 fully saturated rings. The molecule has 1 aromatic carbocycles. The summed E-state index contributed by atoms with van der Waals surface area (Å²) in [5.74, 6) is -2.47. The Bertz CT molecular complexity index is 876. The van der Waals surface area contributed by atoms with Crippen LogP contribution in [0, 0.1) is 6.61 Å². The molecule has 8 nitrogen and oxygen atoms in total. The van der Waals surface area contributed by atoms with Crippen molar-refractivity contribution in [1.29, 1.82) is 0 Å². The zero-order chi connectivity index (χ0) is 29.4. The third-order valence-electron chi connectivity index (χ3n) is 6.51. The maximum absolute atomic E-state index is 10.2. The van der Waals surface area contributed by atoms with E-state index in [9.17, 15) is 18.0 Å². The molecule has 1 unspecified atom stereocenters. The van der Waals surface area contributed by atoms with E-state index in [1.54, 1.807) is 6.61 Å². The van der Waals surface area contributed by atoms with E-state index in [0.29, 0.717) is 0 Å². The van der Waals surface area contributed by atoms with Crippen LogP contribution in [0.25, 0.3) is 0 Å². The van der Waals surface area contributed by atoms with Gasteiger partial charge in [-0.25, -0.2) is 0 Å². The molecule has 1 aromatic rings. The normalized spacial score (nSPS) is 11.6. The van der Waals surface area contributed by atoms with Crippen molar-refractivity contribution in [2.75, 3.05) is 0 Å². The fourth-order valence-electron chi connectivity index (χ4n) is 4.29. The first-order valence-corrected chi connectivity index (χ1v) is 16.1. The number of unbranched alkanes of at least 4 members (excludes halogenated alkanes) is 15. The minimum absolute atomic E-state index is 0. The van der Waals surface area contributed by atoms with Crippen LogP contribution in [-0.2, 0) is 26.1 Å². The van der Waals surface area contributed by atoms with Crippen LogP contribution in [0.5, 0.6) is 5.75 Å². The maximum atomic E-state index is 10.2. The van der Waals surface area contributed by atoms with Gasteiger partial charge >= 0.3 is 63.3 Å². The van der Waals surface area contributed by atoms with Crippen molar-refractivity contribution in [2.45, 2.75) is 135 Å². The number of carboxylic acid groups (broad SMARTS) is 2. The molecule has 40 heavy (non-hydrogen) atoms. The van der Waals surface area contributed by atoms with Crippen LogP contribution < -0.4 is 56.1 Å². The van der Waals surface area contributed by atoms with Crippen molar-refractivity contribution in [1.82, 2.24) is 0 Å². The van der Waals surface area contributed by atoms with Gasteiger partial charge in [0, 0.05) is 0 Å². The van der Waals surface area contributed by atoms with E-state index in [1.165, 1.54) is 108 Å². The number of aryl methyl sites for hydroxylation is 1. The molecular formula is C30H51KO8S. The number of hydrogen-bond acceptors (Lipinski definition) is 5. The van der Waals surface area contributed by atoms with Crippen molar-refractivity contribution >= 4 is 22.1 Å². The Kier molecular flexibility index (Phi) is 28.5. The first-order chi connectivity index (χ1) is 18.6. The van der Waals surface area contributed by atoms with E-state index in [-0.39, 0.29) is 51.4 Å². The molecule has 1 atom stereocenters. The van der Waals surface area contributed by atoms with Gasteiger partial charge in [-0.15, -0.1) is 0 Å². The van der Waals surface area contributed by atoms with Gasteiger partial charge in [-0.3, -0.25) is 14.1 Å². The Morgan fingerprint density at radius 2 is 1.23 bits per heavy atom. The molecule has 226 valence electrons. The molecule has 0 saturated heterocycles. The van der Waals surface area contributed by atoms with Crippen molar-refractivity contribution in [2.24, 2.45) is 0 Å². The van der Waals surface area contributed by atoms with Crippen molar-refractivity contribution in [3.05, 3.63) is 36.4 Å². The molecule has 1 rings (SSSR count). The van der Waals surface area contributed by atoms with Gasteiger partial charge in [-0.1, -0.05) is 121 Å². The first kappa shape index (κ1) is 41.6. The zero-order valence-corrected chi connectivity index (χ0v) is 28.9. The summed E-state index contributed by atoms with van der Waals surface area (Å²) in [6.45, 7) is 6.00. The number of carboxylic acids is 2. The van der Waals surface area contributed by atoms with Crippen LogP contribution in [-0.4, -0.2) is 40.4 Å². The molecule has 0 heterocycles. The molecule has 0 aliphatic carbocycles. The van der Waals surface area contributed by atoms with Gasteiger partial charge in [0.15, 0.2) is 5.25 Å². The second kappa shape index (κ2) is 27.3. The summed E-state index contributed by atoms with van der Waals surface area (Å²) in [5.41, 5.74) is 1.35. The van der Waals surface area contributed by atoms with Gasteiger partial charge in [0.1, 0.15) is 0 Å². The molecule has 0 radical (unpaired) electrons. The van der Waals surface area contributed by atoms with E-state index >= 15 is 0 Å². The minimum atomic E-state index is -4.84. The van der Waals surface area contributed by atoms with Crippen LogP contribution in [0.15, 0.2) is 24.3 Å². The van der Waals surface area contributed by atoms with Crippen LogP contribution >= 0.6 is 0 Å². The number of aliphatic carboxylic acids is 2. The average Bonchev–Trinajstić information content (AvgIpc) is 2.87. The maximum Gasteiger partial charge on any atom is 1.00 e. The van der Waals surface area contributed by atoms with Crippen molar-refractivity contribution in [3.63, 3.8) is 0 Å². The predicted octanol–water partition coefficient (Wildman–Crippen LogP) is 4.86. The largest absolute Gasteiger partial charge is 1.00 e. The summed E-state index contributed by atoms with van der Waals surface area (Å²) in [7, 11) is -4.84. The number of hydrogen-bond donors (Lipinski definition) is 3. The van der Waals surface area contributed by atoms with E-state index in [0.717, 1.165) is 12.2 Å². The summed E-state index contributed by atoms with van der Waals surface area (Å²) < 4.78 is 34.3. The molecular weight excluding hydrogens is 559 g/mol. The smallest absolute Gasteiger partial charge is 0.662 e. The molecule has 3 N–H and O–H groups in total. The first-order valence-electron chi connectivity index (χ1n) is 14.6. The van der Waals surface area contributed by atoms with Crippen LogP contribution in [0.1, 0.15) is 129 Å². The van der Waals surface area contributed by atoms with Gasteiger partial charge < -0.3 is 14.9 Å². The van der Waals surface area contributed by atoms with Gasteiger partial charge in [0.25, 0.3) is 10.1 Å². The molecule has 0 saturated carbocycles. The molecule has 0 aliphatic heterocycles. The van der Waals surface area contributed by atoms with E-state index in [1.807, 2.05) is 6.92 Å². The average molecular weight is 611 g/mol. The second-order valence-corrected chi connectivity index (χ2v) is 11.6. The number of benzene rings is 1. The van der Waals surface area contributed by atoms with Gasteiger partial charge in [-0.2, -0.15) is 21.9 Å². The third-order valence-corrected chi connectivity index (χ3v) is 7.60. The Labute approximate surface area is 285 Å². The number of ether oxygens (including phenoxy) is 1. The van der Waals surface area contributed by atoms with Gasteiger partial charge in [0.2, 0.25) is 0 Å². The quantitative estimate of drug-likeness (QED) is 0.0692. The summed E-state index contributed by atoms with van der Waals surface area (Å²) >= 11 is 0. The summed E-state index contributed by atoms with van der Waals surface area (Å²) in [6.07, 6.45) is 22.8. The third kappa shape index (κ3) is 24.1. The Morgan fingerprint density at radius 1 is 0.800 bits per heavy atom. The molecule has 0 aromatic heterocycles. The second-order valence-electron chi connectivity index (χ2n) is 9.95. The van der Waals surface area contributed by atoms with E-state index in [4.69, 9.17) is 19.5 Å². The standard InChI is InChI=1S/C26H45O.C4H6O7S.K/c1-3-5-6-7-8-9-10-11-12-13-14-15-16-17-18-19-22-25-23-20-21-24-26(25)27-4-2;5-3(6)1-2(4(7)8)12(9,10)11;/h4,20-21,23-24H,3,5-19,22H2,1-2H3;2H,1H2,(H,5,6)(H,7,8)(H,9,10,11);/q-1;;+1. The van der Waals surface area contributed by atoms with E-state index in [2.05, 4.69) is 31.2 Å². The monoisotopic (exact) mass is 610 g/mol. The topological polar surface area (TPSA) is 138 Å². The number of carbonyl (C=O) groups is 2. The predicted molar refractivity (Wildman–Crippen MR) is 156 cm³/mol. The molecule has 0 amide bonds.